The van der Waals surface area contributed by atoms with Gasteiger partial charge in [-0.25, -0.2) is 4.98 Å². The molecule has 0 aliphatic heterocycles. The summed E-state index contributed by atoms with van der Waals surface area (Å²) < 4.78 is 0. The van der Waals surface area contributed by atoms with Crippen molar-refractivity contribution in [1.82, 2.24) is 9.97 Å². The molecule has 0 bridgehead atoms. The Labute approximate surface area is 117 Å². The molecule has 0 spiro atoms. The summed E-state index contributed by atoms with van der Waals surface area (Å²) in [5.41, 5.74) is 4.17. The zero-order chi connectivity index (χ0) is 14.4. The van der Waals surface area contributed by atoms with E-state index in [1.165, 1.54) is 7.11 Å². The first-order valence-electron chi connectivity index (χ1n) is 6.24. The minimum atomic E-state index is -0.0433. The van der Waals surface area contributed by atoms with Crippen LogP contribution in [-0.2, 0) is 9.63 Å². The van der Waals surface area contributed by atoms with Gasteiger partial charge in [-0.15, -0.1) is 0 Å². The molecule has 2 heterocycles. The normalized spacial score (nSPS) is 10.1. The molecule has 2 rings (SSSR count). The van der Waals surface area contributed by atoms with Crippen molar-refractivity contribution in [3.63, 3.8) is 0 Å². The van der Waals surface area contributed by atoms with E-state index in [1.807, 2.05) is 6.92 Å². The molecule has 0 unspecified atom stereocenters. The van der Waals surface area contributed by atoms with E-state index in [2.05, 4.69) is 15.4 Å². The van der Waals surface area contributed by atoms with Crippen LogP contribution >= 0.6 is 0 Å². The zero-order valence-electron chi connectivity index (χ0n) is 11.4. The van der Waals surface area contributed by atoms with Crippen LogP contribution in [-0.4, -0.2) is 23.0 Å². The van der Waals surface area contributed by atoms with Crippen molar-refractivity contribution in [3.8, 4) is 0 Å². The van der Waals surface area contributed by atoms with Gasteiger partial charge in [0.25, 0.3) is 0 Å². The van der Waals surface area contributed by atoms with Gasteiger partial charge in [-0.05, 0) is 18.2 Å². The van der Waals surface area contributed by atoms with Gasteiger partial charge >= 0.3 is 0 Å². The molecule has 0 fully saturated rings. The van der Waals surface area contributed by atoms with Crippen LogP contribution in [0.4, 0.5) is 17.2 Å². The van der Waals surface area contributed by atoms with E-state index in [0.29, 0.717) is 12.2 Å². The third kappa shape index (κ3) is 3.10. The molecule has 0 atom stereocenters. The van der Waals surface area contributed by atoms with E-state index in [9.17, 15) is 4.79 Å². The van der Waals surface area contributed by atoms with E-state index < -0.39 is 0 Å². The third-order valence-electron chi connectivity index (χ3n) is 2.67. The van der Waals surface area contributed by atoms with Gasteiger partial charge in [0.1, 0.15) is 5.82 Å². The molecule has 0 aromatic carbocycles. The Kier molecular flexibility index (Phi) is 4.62. The van der Waals surface area contributed by atoms with E-state index in [-0.39, 0.29) is 5.91 Å². The molecule has 6 heteroatoms. The first-order chi connectivity index (χ1) is 9.76. The molecular formula is C14H16N4O2. The maximum absolute atomic E-state index is 12.2. The van der Waals surface area contributed by atoms with Gasteiger partial charge in [-0.2, -0.15) is 0 Å². The first kappa shape index (κ1) is 14.0. The lowest BCUT2D eigenvalue weighted by molar-refractivity contribution is -0.117. The maximum atomic E-state index is 12.2. The van der Waals surface area contributed by atoms with Crippen molar-refractivity contribution in [2.75, 3.05) is 17.5 Å². The van der Waals surface area contributed by atoms with Crippen molar-refractivity contribution < 1.29 is 9.63 Å². The number of pyridine rings is 2. The number of hydrogen-bond donors (Lipinski definition) is 1. The molecule has 2 aromatic rings. The van der Waals surface area contributed by atoms with Crippen molar-refractivity contribution in [2.24, 2.45) is 0 Å². The zero-order valence-corrected chi connectivity index (χ0v) is 11.4. The fraction of sp³-hybridized carbons (Fsp3) is 0.214. The number of aromatic nitrogens is 2. The minimum Gasteiger partial charge on any atom is -0.279 e. The molecule has 0 aliphatic carbocycles. The van der Waals surface area contributed by atoms with E-state index in [4.69, 9.17) is 4.84 Å². The molecule has 2 aromatic heterocycles. The number of amides is 1. The highest BCUT2D eigenvalue weighted by Gasteiger charge is 2.17. The molecule has 6 nitrogen and oxygen atoms in total. The van der Waals surface area contributed by atoms with Gasteiger partial charge in [0.15, 0.2) is 0 Å². The van der Waals surface area contributed by atoms with Crippen LogP contribution in [0.3, 0.4) is 0 Å². The highest BCUT2D eigenvalue weighted by molar-refractivity contribution is 5.99. The molecule has 0 saturated heterocycles. The molecule has 1 amide bonds. The smallest absolute Gasteiger partial charge is 0.232 e. The second-order valence-electron chi connectivity index (χ2n) is 4.00. The van der Waals surface area contributed by atoms with Crippen LogP contribution in [0, 0.1) is 0 Å². The topological polar surface area (TPSA) is 67.4 Å². The molecule has 0 aliphatic rings. The second kappa shape index (κ2) is 6.63. The van der Waals surface area contributed by atoms with Crippen molar-refractivity contribution in [2.45, 2.75) is 13.3 Å². The summed E-state index contributed by atoms with van der Waals surface area (Å²) in [5.74, 6) is 0.489. The minimum absolute atomic E-state index is 0.0433. The quantitative estimate of drug-likeness (QED) is 0.847. The van der Waals surface area contributed by atoms with E-state index in [0.717, 1.165) is 11.4 Å². The Hall–Kier alpha value is -2.47. The monoisotopic (exact) mass is 272 g/mol. The lowest BCUT2D eigenvalue weighted by Gasteiger charge is -2.21. The predicted octanol–water partition coefficient (Wildman–Crippen LogP) is 2.52. The Bertz CT molecular complexity index is 574. The summed E-state index contributed by atoms with van der Waals surface area (Å²) in [6.07, 6.45) is 5.28. The van der Waals surface area contributed by atoms with E-state index >= 15 is 0 Å². The van der Waals surface area contributed by atoms with Crippen molar-refractivity contribution >= 4 is 23.1 Å². The van der Waals surface area contributed by atoms with Gasteiger partial charge in [0, 0.05) is 31.1 Å². The summed E-state index contributed by atoms with van der Waals surface area (Å²) >= 11 is 0. The van der Waals surface area contributed by atoms with Crippen LogP contribution in [0.1, 0.15) is 13.3 Å². The maximum Gasteiger partial charge on any atom is 0.232 e. The van der Waals surface area contributed by atoms with Crippen LogP contribution in [0.2, 0.25) is 0 Å². The first-order valence-corrected chi connectivity index (χ1v) is 6.24. The Balaban J connectivity index is 2.41. The van der Waals surface area contributed by atoms with Gasteiger partial charge in [0.2, 0.25) is 5.91 Å². The summed E-state index contributed by atoms with van der Waals surface area (Å²) in [5, 5.41) is 0. The SMILES string of the molecule is CCC(=O)N(c1ccncc1)c1cc(NOC)ccn1. The van der Waals surface area contributed by atoms with Crippen LogP contribution in [0.15, 0.2) is 42.9 Å². The summed E-state index contributed by atoms with van der Waals surface area (Å²) in [7, 11) is 1.53. The van der Waals surface area contributed by atoms with Crippen LogP contribution in [0.25, 0.3) is 0 Å². The largest absolute Gasteiger partial charge is 0.279 e. The number of nitrogens with one attached hydrogen (secondary N) is 1. The van der Waals surface area contributed by atoms with Gasteiger partial charge in [-0.3, -0.25) is 25.0 Å². The number of anilines is 3. The standard InChI is InChI=1S/C14H16N4O2/c1-3-14(19)18(12-5-7-15-8-6-12)13-10-11(17-20-2)4-9-16-13/h4-10H,3H2,1-2H3,(H,16,17). The van der Waals surface area contributed by atoms with Crippen molar-refractivity contribution in [3.05, 3.63) is 42.9 Å². The third-order valence-corrected chi connectivity index (χ3v) is 2.67. The highest BCUT2D eigenvalue weighted by Crippen LogP contribution is 2.25. The Morgan fingerprint density at radius 3 is 2.70 bits per heavy atom. The number of carbonyl (C=O) groups excluding carboxylic acids is 1. The van der Waals surface area contributed by atoms with Gasteiger partial charge in [0.05, 0.1) is 18.5 Å². The van der Waals surface area contributed by atoms with Gasteiger partial charge < -0.3 is 0 Å². The van der Waals surface area contributed by atoms with E-state index in [1.54, 1.807) is 47.8 Å². The number of rotatable bonds is 5. The predicted molar refractivity (Wildman–Crippen MR) is 76.5 cm³/mol. The fourth-order valence-corrected chi connectivity index (χ4v) is 1.78. The van der Waals surface area contributed by atoms with Crippen molar-refractivity contribution in [1.29, 1.82) is 0 Å². The molecule has 0 saturated carbocycles. The van der Waals surface area contributed by atoms with Crippen LogP contribution < -0.4 is 10.4 Å². The lowest BCUT2D eigenvalue weighted by Crippen LogP contribution is -2.25. The average Bonchev–Trinajstić information content (AvgIpc) is 2.49. The number of nitrogens with zero attached hydrogens (tertiary/aromatic N) is 3. The summed E-state index contributed by atoms with van der Waals surface area (Å²) in [4.78, 5) is 26.8. The molecular weight excluding hydrogens is 256 g/mol. The fourth-order valence-electron chi connectivity index (χ4n) is 1.78. The Morgan fingerprint density at radius 1 is 1.30 bits per heavy atom. The highest BCUT2D eigenvalue weighted by atomic mass is 16.6. The molecule has 0 radical (unpaired) electrons. The summed E-state index contributed by atoms with van der Waals surface area (Å²) in [6.45, 7) is 1.81. The Morgan fingerprint density at radius 2 is 2.05 bits per heavy atom. The van der Waals surface area contributed by atoms with Crippen LogP contribution in [0.5, 0.6) is 0 Å². The summed E-state index contributed by atoms with van der Waals surface area (Å²) in [6, 6.07) is 7.04. The number of hydrogen-bond acceptors (Lipinski definition) is 5. The lowest BCUT2D eigenvalue weighted by atomic mass is 10.3. The van der Waals surface area contributed by atoms with Gasteiger partial charge in [-0.1, -0.05) is 6.92 Å². The number of carbonyl (C=O) groups is 1. The molecule has 20 heavy (non-hydrogen) atoms. The second-order valence-corrected chi connectivity index (χ2v) is 4.00. The molecule has 104 valence electrons. The average molecular weight is 272 g/mol. The molecule has 1 N–H and O–H groups in total.